The van der Waals surface area contributed by atoms with Crippen molar-refractivity contribution in [1.29, 1.82) is 0 Å². The van der Waals surface area contributed by atoms with Crippen LogP contribution in [0.4, 0.5) is 0 Å². The molecule has 112 valence electrons. The summed E-state index contributed by atoms with van der Waals surface area (Å²) in [5, 5.41) is 3.49. The van der Waals surface area contributed by atoms with Crippen LogP contribution in [0.15, 0.2) is 18.3 Å². The van der Waals surface area contributed by atoms with Crippen LogP contribution in [0.3, 0.4) is 0 Å². The van der Waals surface area contributed by atoms with Crippen molar-refractivity contribution in [1.82, 2.24) is 14.7 Å². The van der Waals surface area contributed by atoms with Crippen LogP contribution in [-0.4, -0.2) is 47.8 Å². The summed E-state index contributed by atoms with van der Waals surface area (Å²) in [5.74, 6) is -0.209. The summed E-state index contributed by atoms with van der Waals surface area (Å²) in [7, 11) is 1.61. The van der Waals surface area contributed by atoms with Crippen LogP contribution in [0, 0.1) is 6.92 Å². The fourth-order valence-corrected chi connectivity index (χ4v) is 2.71. The molecule has 1 saturated heterocycles. The molecule has 1 aliphatic heterocycles. The second kappa shape index (κ2) is 5.63. The lowest BCUT2D eigenvalue weighted by Gasteiger charge is -2.17. The Morgan fingerprint density at radius 3 is 3.10 bits per heavy atom. The summed E-state index contributed by atoms with van der Waals surface area (Å²) in [6, 6.07) is 3.37. The highest BCUT2D eigenvalue weighted by atomic mass is 35.5. The van der Waals surface area contributed by atoms with Gasteiger partial charge in [0.2, 0.25) is 0 Å². The highest BCUT2D eigenvalue weighted by molar-refractivity contribution is 6.30. The summed E-state index contributed by atoms with van der Waals surface area (Å²) in [4.78, 5) is 16.9. The molecule has 1 amide bonds. The number of nitrogens with one attached hydrogen (secondary N) is 1. The molecule has 1 fully saturated rings. The maximum Gasteiger partial charge on any atom is 0.270 e. The van der Waals surface area contributed by atoms with Gasteiger partial charge in [-0.1, -0.05) is 11.6 Å². The van der Waals surface area contributed by atoms with Crippen LogP contribution < -0.4 is 5.32 Å². The van der Waals surface area contributed by atoms with E-state index >= 15 is 0 Å². The molecule has 6 nitrogen and oxygen atoms in total. The van der Waals surface area contributed by atoms with E-state index in [0.29, 0.717) is 35.3 Å². The number of hydrogen-bond acceptors (Lipinski definition) is 4. The second-order valence-electron chi connectivity index (χ2n) is 5.01. The third-order valence-electron chi connectivity index (χ3n) is 3.62. The number of carbonyl (C=O) groups is 1. The van der Waals surface area contributed by atoms with Gasteiger partial charge in [-0.2, -0.15) is 0 Å². The monoisotopic (exact) mass is 309 g/mol. The molecular weight excluding hydrogens is 294 g/mol. The Labute approximate surface area is 127 Å². The number of ether oxygens (including phenoxy) is 2. The molecular formula is C14H16ClN3O3. The number of rotatable bonds is 3. The number of imidazole rings is 1. The first-order valence-electron chi connectivity index (χ1n) is 6.65. The van der Waals surface area contributed by atoms with Crippen molar-refractivity contribution in [2.24, 2.45) is 0 Å². The van der Waals surface area contributed by atoms with Crippen LogP contribution in [0.2, 0.25) is 5.02 Å². The molecule has 1 N–H and O–H groups in total. The van der Waals surface area contributed by atoms with Crippen molar-refractivity contribution in [2.75, 3.05) is 20.3 Å². The van der Waals surface area contributed by atoms with E-state index in [4.69, 9.17) is 21.1 Å². The fourth-order valence-electron chi connectivity index (χ4n) is 2.55. The number of halogens is 1. The quantitative estimate of drug-likeness (QED) is 0.932. The van der Waals surface area contributed by atoms with Crippen molar-refractivity contribution < 1.29 is 14.3 Å². The molecule has 7 heteroatoms. The maximum atomic E-state index is 12.5. The number of methoxy groups -OCH3 is 1. The summed E-state index contributed by atoms with van der Waals surface area (Å²) < 4.78 is 12.3. The van der Waals surface area contributed by atoms with Gasteiger partial charge in [-0.3, -0.25) is 9.20 Å². The van der Waals surface area contributed by atoms with Crippen LogP contribution in [0.25, 0.3) is 5.65 Å². The van der Waals surface area contributed by atoms with Gasteiger partial charge in [0.1, 0.15) is 17.4 Å². The smallest absolute Gasteiger partial charge is 0.270 e. The minimum Gasteiger partial charge on any atom is -0.377 e. The topological polar surface area (TPSA) is 64.9 Å². The van der Waals surface area contributed by atoms with E-state index < -0.39 is 0 Å². The van der Waals surface area contributed by atoms with Crippen molar-refractivity contribution in [3.63, 3.8) is 0 Å². The van der Waals surface area contributed by atoms with Gasteiger partial charge in [0.05, 0.1) is 30.0 Å². The van der Waals surface area contributed by atoms with E-state index in [9.17, 15) is 4.79 Å². The SMILES string of the molecule is CO[C@H]1COC[C@@H]1NC(=O)c1c(C)nc2ccc(Cl)cn12. The summed E-state index contributed by atoms with van der Waals surface area (Å²) >= 11 is 6.00. The van der Waals surface area contributed by atoms with Crippen molar-refractivity contribution in [3.05, 3.63) is 34.7 Å². The molecule has 0 aromatic carbocycles. The molecule has 0 radical (unpaired) electrons. The molecule has 3 rings (SSSR count). The van der Waals surface area contributed by atoms with E-state index in [1.807, 2.05) is 0 Å². The normalized spacial score (nSPS) is 21.9. The van der Waals surface area contributed by atoms with Gasteiger partial charge < -0.3 is 14.8 Å². The van der Waals surface area contributed by atoms with Gasteiger partial charge in [0.25, 0.3) is 5.91 Å². The Morgan fingerprint density at radius 1 is 1.52 bits per heavy atom. The number of fused-ring (bicyclic) bond motifs is 1. The lowest BCUT2D eigenvalue weighted by molar-refractivity contribution is 0.0683. The molecule has 0 bridgehead atoms. The largest absolute Gasteiger partial charge is 0.377 e. The highest BCUT2D eigenvalue weighted by Crippen LogP contribution is 2.17. The molecule has 0 aliphatic carbocycles. The predicted octanol–water partition coefficient (Wildman–Crippen LogP) is 1.44. The lowest BCUT2D eigenvalue weighted by atomic mass is 10.2. The van der Waals surface area contributed by atoms with Crippen LogP contribution in [-0.2, 0) is 9.47 Å². The minimum atomic E-state index is -0.209. The third-order valence-corrected chi connectivity index (χ3v) is 3.84. The summed E-state index contributed by atoms with van der Waals surface area (Å²) in [6.07, 6.45) is 1.56. The van der Waals surface area contributed by atoms with Crippen LogP contribution >= 0.6 is 11.6 Å². The fraction of sp³-hybridized carbons (Fsp3) is 0.429. The summed E-state index contributed by atoms with van der Waals surface area (Å²) in [6.45, 7) is 2.73. The van der Waals surface area contributed by atoms with E-state index in [0.717, 1.165) is 0 Å². The standard InChI is InChI=1S/C14H16ClN3O3/c1-8-13(18-5-9(15)3-4-12(18)16-8)14(19)17-10-6-21-7-11(10)20-2/h3-5,10-11H,6-7H2,1-2H3,(H,17,19)/t10-,11-/m0/s1. The third kappa shape index (κ3) is 2.62. The van der Waals surface area contributed by atoms with Gasteiger partial charge in [0, 0.05) is 13.3 Å². The average Bonchev–Trinajstić information content (AvgIpc) is 3.01. The molecule has 0 saturated carbocycles. The molecule has 1 aliphatic rings. The molecule has 0 spiro atoms. The zero-order chi connectivity index (χ0) is 15.0. The van der Waals surface area contributed by atoms with E-state index in [-0.39, 0.29) is 18.1 Å². The lowest BCUT2D eigenvalue weighted by Crippen LogP contribution is -2.43. The van der Waals surface area contributed by atoms with Crippen molar-refractivity contribution >= 4 is 23.2 Å². The molecule has 0 unspecified atom stereocenters. The Balaban J connectivity index is 1.91. The van der Waals surface area contributed by atoms with E-state index in [2.05, 4.69) is 10.3 Å². The maximum absolute atomic E-state index is 12.5. The van der Waals surface area contributed by atoms with Gasteiger partial charge in [-0.05, 0) is 19.1 Å². The van der Waals surface area contributed by atoms with Gasteiger partial charge in [-0.15, -0.1) is 0 Å². The van der Waals surface area contributed by atoms with Gasteiger partial charge in [-0.25, -0.2) is 4.98 Å². The number of nitrogens with zero attached hydrogens (tertiary/aromatic N) is 2. The first-order valence-corrected chi connectivity index (χ1v) is 7.03. The molecule has 2 atom stereocenters. The Kier molecular flexibility index (Phi) is 3.84. The minimum absolute atomic E-state index is 0.128. The number of hydrogen-bond donors (Lipinski definition) is 1. The highest BCUT2D eigenvalue weighted by Gasteiger charge is 2.31. The molecule has 2 aromatic heterocycles. The van der Waals surface area contributed by atoms with Crippen LogP contribution in [0.1, 0.15) is 16.2 Å². The number of aromatic nitrogens is 2. The average molecular weight is 310 g/mol. The van der Waals surface area contributed by atoms with E-state index in [1.165, 1.54) is 0 Å². The molecule has 2 aromatic rings. The van der Waals surface area contributed by atoms with Crippen molar-refractivity contribution in [3.8, 4) is 0 Å². The number of amides is 1. The Bertz CT molecular complexity index is 685. The summed E-state index contributed by atoms with van der Waals surface area (Å²) in [5.41, 5.74) is 1.82. The number of aryl methyl sites for hydroxylation is 1. The predicted molar refractivity (Wildman–Crippen MR) is 77.8 cm³/mol. The number of pyridine rings is 1. The Morgan fingerprint density at radius 2 is 2.33 bits per heavy atom. The van der Waals surface area contributed by atoms with Crippen LogP contribution in [0.5, 0.6) is 0 Å². The zero-order valence-corrected chi connectivity index (χ0v) is 12.6. The van der Waals surface area contributed by atoms with Gasteiger partial charge in [0.15, 0.2) is 0 Å². The zero-order valence-electron chi connectivity index (χ0n) is 11.8. The first-order chi connectivity index (χ1) is 10.1. The molecule has 21 heavy (non-hydrogen) atoms. The second-order valence-corrected chi connectivity index (χ2v) is 5.45. The van der Waals surface area contributed by atoms with Crippen molar-refractivity contribution in [2.45, 2.75) is 19.1 Å². The Hall–Kier alpha value is -1.63. The first kappa shape index (κ1) is 14.3. The molecule has 3 heterocycles. The van der Waals surface area contributed by atoms with Gasteiger partial charge >= 0.3 is 0 Å². The van der Waals surface area contributed by atoms with E-state index in [1.54, 1.807) is 36.8 Å². The number of carbonyl (C=O) groups excluding carboxylic acids is 1.